The van der Waals surface area contributed by atoms with Gasteiger partial charge < -0.3 is 4.90 Å². The topological polar surface area (TPSA) is 51.0 Å². The van der Waals surface area contributed by atoms with Gasteiger partial charge in [0, 0.05) is 7.05 Å². The first-order valence-corrected chi connectivity index (χ1v) is 7.83. The quantitative estimate of drug-likeness (QED) is 0.860. The van der Waals surface area contributed by atoms with Gasteiger partial charge in [-0.15, -0.1) is 16.9 Å². The molecule has 1 atom stereocenters. The van der Waals surface area contributed by atoms with Crippen molar-refractivity contribution >= 4 is 17.7 Å². The first-order chi connectivity index (χ1) is 10.8. The van der Waals surface area contributed by atoms with E-state index in [0.29, 0.717) is 17.0 Å². The van der Waals surface area contributed by atoms with Gasteiger partial charge in [-0.05, 0) is 17.7 Å². The molecule has 1 aliphatic rings. The predicted molar refractivity (Wildman–Crippen MR) is 78.5 cm³/mol. The smallest absolute Gasteiger partial charge is 0.327 e. The lowest BCUT2D eigenvalue weighted by molar-refractivity contribution is -0.137. The van der Waals surface area contributed by atoms with E-state index in [1.807, 2.05) is 0 Å². The highest BCUT2D eigenvalue weighted by atomic mass is 32.2. The second-order valence-corrected chi connectivity index (χ2v) is 6.28. The molecule has 0 spiro atoms. The zero-order chi connectivity index (χ0) is 16.6. The van der Waals surface area contributed by atoms with Gasteiger partial charge in [0.1, 0.15) is 11.1 Å². The Morgan fingerprint density at radius 2 is 2.17 bits per heavy atom. The Kier molecular flexibility index (Phi) is 4.05. The Bertz CT molecular complexity index is 731. The zero-order valence-corrected chi connectivity index (χ0v) is 12.9. The highest BCUT2D eigenvalue weighted by Gasteiger charge is 2.32. The van der Waals surface area contributed by atoms with Gasteiger partial charge in [0.15, 0.2) is 0 Å². The SMILES string of the molecule is CN1C(=O)CS[C@@H]1c1cn(Cc2cccc(C(F)(F)F)c2)nn1. The van der Waals surface area contributed by atoms with Gasteiger partial charge in [-0.2, -0.15) is 13.2 Å². The average molecular weight is 342 g/mol. The molecule has 1 aromatic carbocycles. The van der Waals surface area contributed by atoms with Crippen LogP contribution in [0.15, 0.2) is 30.5 Å². The molecule has 0 aliphatic carbocycles. The van der Waals surface area contributed by atoms with E-state index in [2.05, 4.69) is 10.3 Å². The summed E-state index contributed by atoms with van der Waals surface area (Å²) in [4.78, 5) is 13.1. The second-order valence-electron chi connectivity index (χ2n) is 5.21. The van der Waals surface area contributed by atoms with E-state index in [0.717, 1.165) is 12.1 Å². The van der Waals surface area contributed by atoms with Gasteiger partial charge in [-0.25, -0.2) is 4.68 Å². The summed E-state index contributed by atoms with van der Waals surface area (Å²) in [6.07, 6.45) is -2.71. The van der Waals surface area contributed by atoms with Crippen LogP contribution in [0.25, 0.3) is 0 Å². The molecule has 9 heteroatoms. The Morgan fingerprint density at radius 1 is 1.39 bits per heavy atom. The van der Waals surface area contributed by atoms with Crippen LogP contribution in [-0.4, -0.2) is 38.6 Å². The van der Waals surface area contributed by atoms with E-state index < -0.39 is 11.7 Å². The number of rotatable bonds is 3. The lowest BCUT2D eigenvalue weighted by atomic mass is 10.1. The molecule has 1 saturated heterocycles. The number of amides is 1. The number of hydrogen-bond acceptors (Lipinski definition) is 4. The van der Waals surface area contributed by atoms with Gasteiger partial charge in [-0.1, -0.05) is 17.3 Å². The van der Waals surface area contributed by atoms with Crippen molar-refractivity contribution in [1.29, 1.82) is 0 Å². The van der Waals surface area contributed by atoms with Crippen molar-refractivity contribution in [3.63, 3.8) is 0 Å². The van der Waals surface area contributed by atoms with Crippen molar-refractivity contribution in [2.24, 2.45) is 0 Å². The van der Waals surface area contributed by atoms with Crippen LogP contribution in [0.4, 0.5) is 13.2 Å². The molecule has 2 aromatic rings. The van der Waals surface area contributed by atoms with E-state index >= 15 is 0 Å². The molecule has 1 aliphatic heterocycles. The van der Waals surface area contributed by atoms with Gasteiger partial charge in [0.05, 0.1) is 24.1 Å². The Morgan fingerprint density at radius 3 is 2.83 bits per heavy atom. The number of nitrogens with zero attached hydrogens (tertiary/aromatic N) is 4. The molecule has 0 N–H and O–H groups in total. The number of carbonyl (C=O) groups excluding carboxylic acids is 1. The molecule has 0 radical (unpaired) electrons. The highest BCUT2D eigenvalue weighted by molar-refractivity contribution is 8.00. The number of aromatic nitrogens is 3. The third-order valence-corrected chi connectivity index (χ3v) is 4.81. The van der Waals surface area contributed by atoms with Crippen LogP contribution < -0.4 is 0 Å². The summed E-state index contributed by atoms with van der Waals surface area (Å²) in [5.41, 5.74) is 0.419. The normalized spacial score (nSPS) is 18.7. The largest absolute Gasteiger partial charge is 0.416 e. The monoisotopic (exact) mass is 342 g/mol. The van der Waals surface area contributed by atoms with E-state index in [-0.39, 0.29) is 17.8 Å². The molecule has 0 bridgehead atoms. The number of thioether (sulfide) groups is 1. The number of carbonyl (C=O) groups is 1. The molecule has 3 rings (SSSR count). The fourth-order valence-electron chi connectivity index (χ4n) is 2.32. The summed E-state index contributed by atoms with van der Waals surface area (Å²) >= 11 is 1.45. The third kappa shape index (κ3) is 3.34. The molecule has 1 aromatic heterocycles. The maximum absolute atomic E-state index is 12.7. The van der Waals surface area contributed by atoms with Gasteiger partial charge in [0.2, 0.25) is 5.91 Å². The van der Waals surface area contributed by atoms with Crippen molar-refractivity contribution < 1.29 is 18.0 Å². The van der Waals surface area contributed by atoms with Crippen LogP contribution in [0.3, 0.4) is 0 Å². The Labute approximate surface area is 134 Å². The van der Waals surface area contributed by atoms with Crippen molar-refractivity contribution in [1.82, 2.24) is 19.9 Å². The zero-order valence-electron chi connectivity index (χ0n) is 12.1. The van der Waals surface area contributed by atoms with Gasteiger partial charge in [-0.3, -0.25) is 4.79 Å². The molecular weight excluding hydrogens is 329 g/mol. The lowest BCUT2D eigenvalue weighted by Gasteiger charge is -2.15. The summed E-state index contributed by atoms with van der Waals surface area (Å²) < 4.78 is 39.6. The summed E-state index contributed by atoms with van der Waals surface area (Å²) in [5, 5.41) is 7.77. The van der Waals surface area contributed by atoms with Crippen LogP contribution in [0.5, 0.6) is 0 Å². The Balaban J connectivity index is 1.76. The standard InChI is InChI=1S/C14H13F3N4OS/c1-20-12(22)8-23-13(20)11-7-21(19-18-11)6-9-3-2-4-10(5-9)14(15,16)17/h2-5,7,13H,6,8H2,1H3/t13-/m1/s1. The van der Waals surface area contributed by atoms with Crippen molar-refractivity contribution in [3.8, 4) is 0 Å². The summed E-state index contributed by atoms with van der Waals surface area (Å²) in [7, 11) is 1.69. The lowest BCUT2D eigenvalue weighted by Crippen LogP contribution is -2.23. The number of halogens is 3. The number of benzene rings is 1. The van der Waals surface area contributed by atoms with Crippen LogP contribution in [0.1, 0.15) is 22.2 Å². The molecule has 122 valence electrons. The van der Waals surface area contributed by atoms with Crippen LogP contribution in [0.2, 0.25) is 0 Å². The molecule has 23 heavy (non-hydrogen) atoms. The van der Waals surface area contributed by atoms with E-state index in [1.54, 1.807) is 24.2 Å². The van der Waals surface area contributed by atoms with Crippen LogP contribution in [0, 0.1) is 0 Å². The van der Waals surface area contributed by atoms with E-state index in [4.69, 9.17) is 0 Å². The molecule has 5 nitrogen and oxygen atoms in total. The molecule has 1 amide bonds. The first kappa shape index (κ1) is 15.9. The van der Waals surface area contributed by atoms with Crippen molar-refractivity contribution in [2.45, 2.75) is 18.1 Å². The van der Waals surface area contributed by atoms with Crippen molar-refractivity contribution in [3.05, 3.63) is 47.3 Å². The van der Waals surface area contributed by atoms with Crippen LogP contribution in [-0.2, 0) is 17.5 Å². The Hall–Kier alpha value is -2.03. The molecule has 0 saturated carbocycles. The average Bonchev–Trinajstić information content (AvgIpc) is 3.07. The minimum atomic E-state index is -4.37. The molecular formula is C14H13F3N4OS. The van der Waals surface area contributed by atoms with E-state index in [1.165, 1.54) is 22.5 Å². The third-order valence-electron chi connectivity index (χ3n) is 3.52. The molecule has 0 unspecified atom stereocenters. The summed E-state index contributed by atoms with van der Waals surface area (Å²) in [6.45, 7) is 0.186. The molecule has 2 heterocycles. The highest BCUT2D eigenvalue weighted by Crippen LogP contribution is 2.36. The minimum Gasteiger partial charge on any atom is -0.327 e. The maximum Gasteiger partial charge on any atom is 0.416 e. The summed E-state index contributed by atoms with van der Waals surface area (Å²) in [5.74, 6) is 0.411. The minimum absolute atomic E-state index is 0.0208. The number of alkyl halides is 3. The van der Waals surface area contributed by atoms with E-state index in [9.17, 15) is 18.0 Å². The summed E-state index contributed by atoms with van der Waals surface area (Å²) in [6, 6.07) is 5.11. The van der Waals surface area contributed by atoms with Crippen molar-refractivity contribution in [2.75, 3.05) is 12.8 Å². The predicted octanol–water partition coefficient (Wildman–Crippen LogP) is 2.55. The van der Waals surface area contributed by atoms with Gasteiger partial charge >= 0.3 is 6.18 Å². The second kappa shape index (κ2) is 5.88. The van der Waals surface area contributed by atoms with Gasteiger partial charge in [0.25, 0.3) is 0 Å². The fraction of sp³-hybridized carbons (Fsp3) is 0.357. The first-order valence-electron chi connectivity index (χ1n) is 6.78. The maximum atomic E-state index is 12.7. The number of hydrogen-bond donors (Lipinski definition) is 0. The molecule has 1 fully saturated rings. The fourth-order valence-corrected chi connectivity index (χ4v) is 3.44. The van der Waals surface area contributed by atoms with Crippen LogP contribution >= 0.6 is 11.8 Å².